The topological polar surface area (TPSA) is 20.3 Å². The summed E-state index contributed by atoms with van der Waals surface area (Å²) in [4.78, 5) is 0. The maximum atomic E-state index is 10.7. The van der Waals surface area contributed by atoms with Gasteiger partial charge in [-0.25, -0.2) is 4.21 Å². The second-order valence-corrected chi connectivity index (χ2v) is 2.89. The molecule has 8 heavy (non-hydrogen) atoms. The minimum atomic E-state index is -0.919. The molecule has 0 saturated carbocycles. The summed E-state index contributed by atoms with van der Waals surface area (Å²) in [5, 5.41) is 1.64. The van der Waals surface area contributed by atoms with Crippen molar-refractivity contribution in [1.82, 2.24) is 4.31 Å². The molecule has 0 aliphatic carbocycles. The van der Waals surface area contributed by atoms with Gasteiger partial charge < -0.3 is 0 Å². The van der Waals surface area contributed by atoms with E-state index < -0.39 is 11.0 Å². The fourth-order valence-corrected chi connectivity index (χ4v) is 1.05. The Morgan fingerprint density at radius 3 is 2.62 bits per heavy atom. The van der Waals surface area contributed by atoms with E-state index in [-0.39, 0.29) is 0 Å². The lowest BCUT2D eigenvalue weighted by Crippen LogP contribution is -2.12. The molecule has 3 heteroatoms. The molecule has 0 amide bonds. The monoisotopic (exact) mass is 129 g/mol. The summed E-state index contributed by atoms with van der Waals surface area (Å²) in [6.07, 6.45) is 5.40. The number of nitrogens with zero attached hydrogens (tertiary/aromatic N) is 1. The lowest BCUT2D eigenvalue weighted by Gasteiger charge is -2.10. The molecule has 0 spiro atoms. The van der Waals surface area contributed by atoms with Crippen LogP contribution in [0.3, 0.4) is 0 Å². The highest BCUT2D eigenvalue weighted by atomic mass is 32.2. The fourth-order valence-electron chi connectivity index (χ4n) is 0.439. The van der Waals surface area contributed by atoms with Gasteiger partial charge in [0.2, 0.25) is 0 Å². The highest BCUT2D eigenvalue weighted by molar-refractivity contribution is 7.85. The lowest BCUT2D eigenvalue weighted by molar-refractivity contribution is 0.636. The molecule has 0 fully saturated rings. The Morgan fingerprint density at radius 2 is 2.25 bits per heavy atom. The second kappa shape index (κ2) is 2.13. The Balaban J connectivity index is 2.74. The average molecular weight is 129 g/mol. The van der Waals surface area contributed by atoms with Gasteiger partial charge in [0, 0.05) is 18.7 Å². The maximum Gasteiger partial charge on any atom is 0.144 e. The van der Waals surface area contributed by atoms with E-state index >= 15 is 0 Å². The Kier molecular flexibility index (Phi) is 1.48. The van der Waals surface area contributed by atoms with Crippen LogP contribution in [0.4, 0.5) is 0 Å². The Hall–Kier alpha value is -0.570. The van der Waals surface area contributed by atoms with Crippen molar-refractivity contribution in [2.45, 2.75) is 0 Å². The van der Waals surface area contributed by atoms with Gasteiger partial charge in [0.1, 0.15) is 11.0 Å². The summed E-state index contributed by atoms with van der Waals surface area (Å²) in [5.41, 5.74) is 0. The molecular formula is C5H7NOS. The molecule has 0 saturated heterocycles. The molecule has 0 aromatic rings. The van der Waals surface area contributed by atoms with E-state index in [4.69, 9.17) is 0 Å². The van der Waals surface area contributed by atoms with Crippen molar-refractivity contribution < 1.29 is 4.21 Å². The third-order valence-electron chi connectivity index (χ3n) is 0.886. The first kappa shape index (κ1) is 5.56. The molecule has 0 aromatic carbocycles. The van der Waals surface area contributed by atoms with Crippen LogP contribution in [-0.4, -0.2) is 15.6 Å². The summed E-state index contributed by atoms with van der Waals surface area (Å²) in [6, 6.07) is 0. The van der Waals surface area contributed by atoms with Crippen molar-refractivity contribution in [1.29, 1.82) is 0 Å². The fraction of sp³-hybridized carbons (Fsp3) is 0.200. The first-order valence-electron chi connectivity index (χ1n) is 2.29. The van der Waals surface area contributed by atoms with Gasteiger partial charge >= 0.3 is 0 Å². The molecule has 1 rings (SSSR count). The van der Waals surface area contributed by atoms with Gasteiger partial charge in [-0.05, 0) is 6.08 Å². The van der Waals surface area contributed by atoms with Gasteiger partial charge in [0.15, 0.2) is 0 Å². The zero-order valence-corrected chi connectivity index (χ0v) is 5.39. The summed E-state index contributed by atoms with van der Waals surface area (Å²) >= 11 is 0. The molecule has 0 radical (unpaired) electrons. The van der Waals surface area contributed by atoms with Crippen LogP contribution in [-0.2, 0) is 11.0 Å². The quantitative estimate of drug-likeness (QED) is 0.469. The molecule has 1 aliphatic heterocycles. The van der Waals surface area contributed by atoms with Gasteiger partial charge in [-0.3, -0.25) is 4.31 Å². The summed E-state index contributed by atoms with van der Waals surface area (Å²) < 4.78 is 12.3. The van der Waals surface area contributed by atoms with Crippen LogP contribution in [0.15, 0.2) is 23.8 Å². The van der Waals surface area contributed by atoms with Crippen molar-refractivity contribution in [3.63, 3.8) is 0 Å². The summed E-state index contributed by atoms with van der Waals surface area (Å²) in [5.74, 6) is 0. The van der Waals surface area contributed by atoms with Gasteiger partial charge in [-0.15, -0.1) is 0 Å². The molecule has 1 atom stereocenters. The zero-order valence-electron chi connectivity index (χ0n) is 4.57. The van der Waals surface area contributed by atoms with Crippen molar-refractivity contribution in [2.24, 2.45) is 0 Å². The minimum absolute atomic E-state index is 0.919. The van der Waals surface area contributed by atoms with Gasteiger partial charge in [-0.2, -0.15) is 0 Å². The van der Waals surface area contributed by atoms with E-state index in [0.29, 0.717) is 0 Å². The van der Waals surface area contributed by atoms with E-state index in [0.717, 1.165) is 0 Å². The van der Waals surface area contributed by atoms with E-state index in [9.17, 15) is 4.21 Å². The molecule has 0 N–H and O–H groups in total. The van der Waals surface area contributed by atoms with Crippen molar-refractivity contribution in [3.8, 4) is 0 Å². The lowest BCUT2D eigenvalue weighted by atomic mass is 10.6. The molecular weight excluding hydrogens is 122 g/mol. The molecule has 2 nitrogen and oxygen atoms in total. The standard InChI is InChI=1S/C5H7NOS/c1-6-4-2-3-5-8(6)7/h2-5H,1H3. The van der Waals surface area contributed by atoms with Crippen LogP contribution in [0.5, 0.6) is 0 Å². The summed E-state index contributed by atoms with van der Waals surface area (Å²) in [7, 11) is 0.855. The summed E-state index contributed by atoms with van der Waals surface area (Å²) in [6.45, 7) is 0. The van der Waals surface area contributed by atoms with Crippen molar-refractivity contribution in [2.75, 3.05) is 7.05 Å². The Labute approximate surface area is 51.1 Å². The normalized spacial score (nSPS) is 26.6. The number of hydrogen-bond donors (Lipinski definition) is 0. The molecule has 1 heterocycles. The van der Waals surface area contributed by atoms with Gasteiger partial charge in [-0.1, -0.05) is 6.08 Å². The van der Waals surface area contributed by atoms with Crippen LogP contribution in [0.25, 0.3) is 0 Å². The average Bonchev–Trinajstić information content (AvgIpc) is 1.77. The van der Waals surface area contributed by atoms with Crippen molar-refractivity contribution >= 4 is 11.0 Å². The Morgan fingerprint density at radius 1 is 1.50 bits per heavy atom. The van der Waals surface area contributed by atoms with E-state index in [1.54, 1.807) is 29.0 Å². The smallest absolute Gasteiger partial charge is 0.144 e. The molecule has 0 aromatic heterocycles. The molecule has 0 bridgehead atoms. The van der Waals surface area contributed by atoms with Gasteiger partial charge in [0.05, 0.1) is 0 Å². The van der Waals surface area contributed by atoms with E-state index in [1.165, 1.54) is 0 Å². The predicted molar refractivity (Wildman–Crippen MR) is 34.2 cm³/mol. The SMILES string of the molecule is CN1C=CC=CS1=O. The number of allylic oxidation sites excluding steroid dienone is 2. The first-order valence-corrected chi connectivity index (χ1v) is 3.46. The van der Waals surface area contributed by atoms with Crippen LogP contribution in [0.1, 0.15) is 0 Å². The zero-order chi connectivity index (χ0) is 5.98. The van der Waals surface area contributed by atoms with Crippen LogP contribution >= 0.6 is 0 Å². The van der Waals surface area contributed by atoms with Crippen molar-refractivity contribution in [3.05, 3.63) is 23.8 Å². The molecule has 1 unspecified atom stereocenters. The van der Waals surface area contributed by atoms with E-state index in [2.05, 4.69) is 0 Å². The maximum absolute atomic E-state index is 10.7. The molecule has 1 aliphatic rings. The largest absolute Gasteiger partial charge is 0.298 e. The third kappa shape index (κ3) is 0.980. The highest BCUT2D eigenvalue weighted by Crippen LogP contribution is 1.99. The predicted octanol–water partition coefficient (Wildman–Crippen LogP) is 0.623. The first-order chi connectivity index (χ1) is 3.80. The highest BCUT2D eigenvalue weighted by Gasteiger charge is 1.98. The van der Waals surface area contributed by atoms with Gasteiger partial charge in [0.25, 0.3) is 0 Å². The van der Waals surface area contributed by atoms with E-state index in [1.807, 2.05) is 6.08 Å². The van der Waals surface area contributed by atoms with Crippen LogP contribution in [0.2, 0.25) is 0 Å². The second-order valence-electron chi connectivity index (χ2n) is 1.49. The number of hydrogen-bond acceptors (Lipinski definition) is 1. The minimum Gasteiger partial charge on any atom is -0.298 e. The van der Waals surface area contributed by atoms with Crippen LogP contribution in [0, 0.1) is 0 Å². The molecule has 44 valence electrons. The third-order valence-corrected chi connectivity index (χ3v) is 1.97. The number of rotatable bonds is 0. The van der Waals surface area contributed by atoms with Crippen LogP contribution < -0.4 is 0 Å². The Bertz CT molecular complexity index is 162.